The Hall–Kier alpha value is -2.27. The van der Waals surface area contributed by atoms with Crippen LogP contribution >= 0.6 is 27.3 Å². The zero-order valence-corrected chi connectivity index (χ0v) is 17.0. The highest BCUT2D eigenvalue weighted by Crippen LogP contribution is 2.33. The van der Waals surface area contributed by atoms with Crippen LogP contribution in [0.1, 0.15) is 33.8 Å². The van der Waals surface area contributed by atoms with Crippen LogP contribution in [0.4, 0.5) is 20.3 Å². The first-order valence-electron chi connectivity index (χ1n) is 8.65. The monoisotopic (exact) mass is 470 g/mol. The van der Waals surface area contributed by atoms with E-state index in [1.165, 1.54) is 18.5 Å². The fourth-order valence-electron chi connectivity index (χ4n) is 3.41. The maximum atomic E-state index is 12.7. The molecule has 1 saturated heterocycles. The number of nitrogens with zero attached hydrogens (tertiary/aromatic N) is 4. The number of hydrogen-bond donors (Lipinski definition) is 2. The number of nitrogens with one attached hydrogen (secondary N) is 1. The van der Waals surface area contributed by atoms with E-state index in [2.05, 4.69) is 36.2 Å². The lowest BCUT2D eigenvalue weighted by atomic mass is 10.0. The molecule has 0 radical (unpaired) electrons. The Morgan fingerprint density at radius 1 is 1.43 bits per heavy atom. The Labute approximate surface area is 171 Å². The molecule has 1 aliphatic heterocycles. The van der Waals surface area contributed by atoms with Gasteiger partial charge >= 0.3 is 0 Å². The number of alkyl halides is 2. The van der Waals surface area contributed by atoms with Gasteiger partial charge in [-0.3, -0.25) is 4.79 Å². The third-order valence-corrected chi connectivity index (χ3v) is 6.34. The molecule has 11 heteroatoms. The van der Waals surface area contributed by atoms with Gasteiger partial charge in [-0.05, 0) is 47.0 Å². The minimum Gasteiger partial charge on any atom is -0.382 e. The van der Waals surface area contributed by atoms with Crippen LogP contribution in [0.5, 0.6) is 0 Å². The molecule has 7 nitrogen and oxygen atoms in total. The highest BCUT2D eigenvalue weighted by Gasteiger charge is 2.26. The maximum absolute atomic E-state index is 12.7. The van der Waals surface area contributed by atoms with Crippen LogP contribution in [-0.4, -0.2) is 39.6 Å². The summed E-state index contributed by atoms with van der Waals surface area (Å²) in [6.45, 7) is 1.39. The molecule has 1 fully saturated rings. The summed E-state index contributed by atoms with van der Waals surface area (Å²) in [6, 6.07) is 4.57. The van der Waals surface area contributed by atoms with Crippen molar-refractivity contribution in [2.24, 2.45) is 0 Å². The minimum absolute atomic E-state index is 0.0991. The second-order valence-electron chi connectivity index (χ2n) is 6.52. The molecule has 1 aliphatic rings. The molecule has 0 aromatic carbocycles. The summed E-state index contributed by atoms with van der Waals surface area (Å²) in [5.41, 5.74) is 7.64. The van der Waals surface area contributed by atoms with Crippen molar-refractivity contribution >= 4 is 50.2 Å². The number of nitrogen functional groups attached to an aromatic ring is 1. The molecule has 0 spiro atoms. The summed E-state index contributed by atoms with van der Waals surface area (Å²) < 4.78 is 27.9. The summed E-state index contributed by atoms with van der Waals surface area (Å²) >= 11 is 4.30. The fourth-order valence-corrected chi connectivity index (χ4v) is 4.67. The molecule has 0 aliphatic carbocycles. The lowest BCUT2D eigenvalue weighted by molar-refractivity contribution is 0.0937. The van der Waals surface area contributed by atoms with Gasteiger partial charge in [-0.15, -0.1) is 11.3 Å². The first-order valence-corrected chi connectivity index (χ1v) is 10.3. The number of hydrogen-bond acceptors (Lipinski definition) is 6. The molecule has 3 aromatic rings. The summed E-state index contributed by atoms with van der Waals surface area (Å²) in [6.07, 6.45) is 0.519. The highest BCUT2D eigenvalue weighted by molar-refractivity contribution is 9.10. The zero-order chi connectivity index (χ0) is 19.8. The molecular weight excluding hydrogens is 454 g/mol. The van der Waals surface area contributed by atoms with Crippen LogP contribution in [0.25, 0.3) is 5.52 Å². The van der Waals surface area contributed by atoms with E-state index >= 15 is 0 Å². The Bertz CT molecular complexity index is 1020. The van der Waals surface area contributed by atoms with Gasteiger partial charge in [-0.2, -0.15) is 5.10 Å². The van der Waals surface area contributed by atoms with Gasteiger partial charge in [0.25, 0.3) is 12.3 Å². The Morgan fingerprint density at radius 3 is 3.00 bits per heavy atom. The zero-order valence-electron chi connectivity index (χ0n) is 14.6. The number of thiophene rings is 1. The Kier molecular flexibility index (Phi) is 5.19. The summed E-state index contributed by atoms with van der Waals surface area (Å²) in [7, 11) is 0. The van der Waals surface area contributed by atoms with E-state index in [1.807, 2.05) is 6.07 Å². The molecule has 3 aromatic heterocycles. The van der Waals surface area contributed by atoms with E-state index in [9.17, 15) is 13.6 Å². The second-order valence-corrected chi connectivity index (χ2v) is 8.45. The number of anilines is 2. The van der Waals surface area contributed by atoms with Crippen LogP contribution < -0.4 is 16.0 Å². The number of rotatable bonds is 4. The Morgan fingerprint density at radius 2 is 2.25 bits per heavy atom. The van der Waals surface area contributed by atoms with Crippen molar-refractivity contribution in [2.75, 3.05) is 23.7 Å². The average molecular weight is 471 g/mol. The third-order valence-electron chi connectivity index (χ3n) is 4.68. The predicted molar refractivity (Wildman–Crippen MR) is 107 cm³/mol. The van der Waals surface area contributed by atoms with Crippen LogP contribution in [0, 0.1) is 0 Å². The van der Waals surface area contributed by atoms with E-state index in [-0.39, 0.29) is 16.8 Å². The molecule has 1 atom stereocenters. The van der Waals surface area contributed by atoms with Crippen LogP contribution in [-0.2, 0) is 0 Å². The number of piperidine rings is 1. The molecule has 4 rings (SSSR count). The van der Waals surface area contributed by atoms with Gasteiger partial charge in [0.2, 0.25) is 0 Å². The first-order chi connectivity index (χ1) is 13.4. The lowest BCUT2D eigenvalue weighted by Crippen LogP contribution is -2.47. The van der Waals surface area contributed by atoms with E-state index < -0.39 is 6.43 Å². The van der Waals surface area contributed by atoms with Crippen molar-refractivity contribution in [3.8, 4) is 0 Å². The van der Waals surface area contributed by atoms with Gasteiger partial charge in [-0.25, -0.2) is 18.3 Å². The number of nitrogens with two attached hydrogens (primary N) is 1. The molecule has 148 valence electrons. The molecule has 0 bridgehead atoms. The standard InChI is InChI=1S/C17H17BrF2N6OS/c18-13-6-10(14-16(21)22-8-23-26(13)14)25-5-1-2-9(7-25)24-17(27)12-4-3-11(28-12)15(19)20/h3-4,6,8-9,15H,1-2,5,7H2,(H,24,27)(H2,21,22,23)/t9-/m1/s1. The molecular formula is C17H17BrF2N6OS. The van der Waals surface area contributed by atoms with Gasteiger partial charge in [0.1, 0.15) is 16.4 Å². The van der Waals surface area contributed by atoms with Crippen molar-refractivity contribution in [1.29, 1.82) is 0 Å². The van der Waals surface area contributed by atoms with Gasteiger partial charge < -0.3 is 16.0 Å². The van der Waals surface area contributed by atoms with Gasteiger partial charge in [0.15, 0.2) is 5.82 Å². The topological polar surface area (TPSA) is 88.5 Å². The van der Waals surface area contributed by atoms with E-state index in [1.54, 1.807) is 4.52 Å². The molecule has 4 heterocycles. The highest BCUT2D eigenvalue weighted by atomic mass is 79.9. The fraction of sp³-hybridized carbons (Fsp3) is 0.353. The van der Waals surface area contributed by atoms with E-state index in [0.717, 1.165) is 41.0 Å². The van der Waals surface area contributed by atoms with E-state index in [4.69, 9.17) is 5.73 Å². The molecule has 0 saturated carbocycles. The van der Waals surface area contributed by atoms with E-state index in [0.29, 0.717) is 22.8 Å². The lowest BCUT2D eigenvalue weighted by Gasteiger charge is -2.34. The molecule has 1 amide bonds. The minimum atomic E-state index is -2.56. The maximum Gasteiger partial charge on any atom is 0.272 e. The van der Waals surface area contributed by atoms with Gasteiger partial charge in [0.05, 0.1) is 15.4 Å². The van der Waals surface area contributed by atoms with Crippen molar-refractivity contribution in [2.45, 2.75) is 25.3 Å². The van der Waals surface area contributed by atoms with Gasteiger partial charge in [-0.1, -0.05) is 0 Å². The Balaban J connectivity index is 1.51. The third kappa shape index (κ3) is 3.55. The number of carbonyl (C=O) groups is 1. The average Bonchev–Trinajstić information content (AvgIpc) is 3.29. The van der Waals surface area contributed by atoms with Crippen LogP contribution in [0.2, 0.25) is 0 Å². The molecule has 0 unspecified atom stereocenters. The first kappa shape index (κ1) is 19.1. The van der Waals surface area contributed by atoms with Crippen LogP contribution in [0.3, 0.4) is 0 Å². The number of aromatic nitrogens is 3. The summed E-state index contributed by atoms with van der Waals surface area (Å²) in [5, 5.41) is 7.16. The number of fused-ring (bicyclic) bond motifs is 1. The largest absolute Gasteiger partial charge is 0.382 e. The normalized spacial score (nSPS) is 17.4. The number of amides is 1. The second kappa shape index (κ2) is 7.63. The van der Waals surface area contributed by atoms with Crippen molar-refractivity contribution < 1.29 is 13.6 Å². The van der Waals surface area contributed by atoms with Crippen molar-refractivity contribution in [1.82, 2.24) is 19.9 Å². The molecule has 3 N–H and O–H groups in total. The summed E-state index contributed by atoms with van der Waals surface area (Å²) in [4.78, 5) is 18.8. The van der Waals surface area contributed by atoms with Crippen LogP contribution in [0.15, 0.2) is 29.1 Å². The van der Waals surface area contributed by atoms with Gasteiger partial charge in [0, 0.05) is 19.1 Å². The quantitative estimate of drug-likeness (QED) is 0.609. The predicted octanol–water partition coefficient (Wildman–Crippen LogP) is 3.47. The van der Waals surface area contributed by atoms with Crippen molar-refractivity contribution in [3.63, 3.8) is 0 Å². The number of carbonyl (C=O) groups excluding carboxylic acids is 1. The molecule has 28 heavy (non-hydrogen) atoms. The number of halogens is 3. The smallest absolute Gasteiger partial charge is 0.272 e. The SMILES string of the molecule is Nc1ncnn2c(Br)cc(N3CCC[C@@H](NC(=O)c4ccc(C(F)F)s4)C3)c12. The summed E-state index contributed by atoms with van der Waals surface area (Å²) in [5.74, 6) is 0.0505. The van der Waals surface area contributed by atoms with Crippen molar-refractivity contribution in [3.05, 3.63) is 38.9 Å².